The Hall–Kier alpha value is -1.13. The number of nitrogens with one attached hydrogen (secondary N) is 1. The van der Waals surface area contributed by atoms with E-state index in [2.05, 4.69) is 5.32 Å². The smallest absolute Gasteiger partial charge is 0.229 e. The predicted molar refractivity (Wildman–Crippen MR) is 67.4 cm³/mol. The maximum absolute atomic E-state index is 13.4. The van der Waals surface area contributed by atoms with E-state index in [1.165, 1.54) is 18.2 Å². The van der Waals surface area contributed by atoms with Crippen molar-refractivity contribution in [2.45, 2.75) is 13.8 Å². The fraction of sp³-hybridized carbons (Fsp3) is 0.417. The van der Waals surface area contributed by atoms with Gasteiger partial charge in [0.15, 0.2) is 0 Å². The van der Waals surface area contributed by atoms with Crippen LogP contribution in [0.3, 0.4) is 0 Å². The van der Waals surface area contributed by atoms with Crippen LogP contribution in [0.5, 0.6) is 0 Å². The minimum Gasteiger partial charge on any atom is -0.330 e. The lowest BCUT2D eigenvalue weighted by molar-refractivity contribution is -0.120. The molecule has 0 bridgehead atoms. The number of hydrogen-bond acceptors (Lipinski definition) is 2. The second-order valence-electron chi connectivity index (χ2n) is 4.17. The number of nitrogens with two attached hydrogens (primary N) is 1. The summed E-state index contributed by atoms with van der Waals surface area (Å²) < 4.78 is 13.4. The van der Waals surface area contributed by atoms with Gasteiger partial charge in [-0.3, -0.25) is 4.79 Å². The van der Waals surface area contributed by atoms with Gasteiger partial charge in [-0.15, -0.1) is 0 Å². The Morgan fingerprint density at radius 3 is 2.65 bits per heavy atom. The van der Waals surface area contributed by atoms with E-state index in [1.807, 2.05) is 13.8 Å². The summed E-state index contributed by atoms with van der Waals surface area (Å²) in [6, 6.07) is 4.25. The molecule has 0 fully saturated rings. The molecular formula is C12H16ClFN2O. The predicted octanol–water partition coefficient (Wildman–Crippen LogP) is 2.65. The highest BCUT2D eigenvalue weighted by Gasteiger charge is 2.22. The van der Waals surface area contributed by atoms with Crippen LogP contribution in [-0.2, 0) is 4.79 Å². The molecule has 1 aromatic rings. The first-order valence-corrected chi connectivity index (χ1v) is 5.80. The SMILES string of the molecule is CC(C)C(CN)C(=O)Nc1c(F)cccc1Cl. The lowest BCUT2D eigenvalue weighted by Gasteiger charge is -2.18. The number of carbonyl (C=O) groups is 1. The highest BCUT2D eigenvalue weighted by molar-refractivity contribution is 6.33. The Labute approximate surface area is 105 Å². The summed E-state index contributed by atoms with van der Waals surface area (Å²) >= 11 is 5.82. The minimum atomic E-state index is -0.551. The molecule has 5 heteroatoms. The summed E-state index contributed by atoms with van der Waals surface area (Å²) in [7, 11) is 0. The molecule has 0 aliphatic carbocycles. The summed E-state index contributed by atoms with van der Waals surface area (Å²) in [6.45, 7) is 4.00. The molecule has 1 rings (SSSR count). The van der Waals surface area contributed by atoms with Crippen molar-refractivity contribution in [1.29, 1.82) is 0 Å². The first kappa shape index (κ1) is 13.9. The molecule has 17 heavy (non-hydrogen) atoms. The number of benzene rings is 1. The van der Waals surface area contributed by atoms with Gasteiger partial charge in [0.1, 0.15) is 5.82 Å². The molecule has 94 valence electrons. The van der Waals surface area contributed by atoms with Crippen LogP contribution in [0, 0.1) is 17.7 Å². The number of halogens is 2. The molecule has 0 radical (unpaired) electrons. The van der Waals surface area contributed by atoms with Gasteiger partial charge in [0, 0.05) is 6.54 Å². The Morgan fingerprint density at radius 2 is 2.18 bits per heavy atom. The van der Waals surface area contributed by atoms with Gasteiger partial charge < -0.3 is 11.1 Å². The van der Waals surface area contributed by atoms with Gasteiger partial charge in [0.25, 0.3) is 0 Å². The summed E-state index contributed by atoms with van der Waals surface area (Å²) in [5, 5.41) is 2.66. The molecule has 1 unspecified atom stereocenters. The quantitative estimate of drug-likeness (QED) is 0.872. The third kappa shape index (κ3) is 3.41. The third-order valence-corrected chi connectivity index (χ3v) is 2.92. The van der Waals surface area contributed by atoms with Crippen molar-refractivity contribution in [2.75, 3.05) is 11.9 Å². The molecule has 0 aliphatic rings. The fourth-order valence-corrected chi connectivity index (χ4v) is 1.73. The van der Waals surface area contributed by atoms with E-state index in [0.29, 0.717) is 0 Å². The summed E-state index contributed by atoms with van der Waals surface area (Å²) in [5.74, 6) is -1.13. The fourth-order valence-electron chi connectivity index (χ4n) is 1.52. The van der Waals surface area contributed by atoms with E-state index in [4.69, 9.17) is 17.3 Å². The van der Waals surface area contributed by atoms with Gasteiger partial charge in [-0.05, 0) is 18.1 Å². The van der Waals surface area contributed by atoms with E-state index in [1.54, 1.807) is 0 Å². The van der Waals surface area contributed by atoms with Gasteiger partial charge >= 0.3 is 0 Å². The molecule has 3 nitrogen and oxygen atoms in total. The van der Waals surface area contributed by atoms with Crippen LogP contribution >= 0.6 is 11.6 Å². The normalized spacial score (nSPS) is 12.6. The summed E-state index contributed by atoms with van der Waals surface area (Å²) in [5.41, 5.74) is 5.53. The zero-order valence-electron chi connectivity index (χ0n) is 9.84. The Kier molecular flexibility index (Phi) is 4.90. The van der Waals surface area contributed by atoms with Crippen LogP contribution in [0.15, 0.2) is 18.2 Å². The van der Waals surface area contributed by atoms with E-state index in [0.717, 1.165) is 0 Å². The highest BCUT2D eigenvalue weighted by atomic mass is 35.5. The maximum atomic E-state index is 13.4. The standard InChI is InChI=1S/C12H16ClFN2O/c1-7(2)8(6-15)12(17)16-11-9(13)4-3-5-10(11)14/h3-5,7-8H,6,15H2,1-2H3,(H,16,17). The van der Waals surface area contributed by atoms with Crippen molar-refractivity contribution < 1.29 is 9.18 Å². The molecule has 0 aliphatic heterocycles. The van der Waals surface area contributed by atoms with Crippen molar-refractivity contribution >= 4 is 23.2 Å². The van der Waals surface area contributed by atoms with Gasteiger partial charge in [0.2, 0.25) is 5.91 Å². The molecule has 0 aromatic heterocycles. The van der Waals surface area contributed by atoms with Crippen LogP contribution in [0.2, 0.25) is 5.02 Å². The lowest BCUT2D eigenvalue weighted by Crippen LogP contribution is -2.33. The largest absolute Gasteiger partial charge is 0.330 e. The zero-order chi connectivity index (χ0) is 13.0. The van der Waals surface area contributed by atoms with Crippen LogP contribution in [0.25, 0.3) is 0 Å². The van der Waals surface area contributed by atoms with Gasteiger partial charge in [0.05, 0.1) is 16.6 Å². The minimum absolute atomic E-state index is 0.0123. The summed E-state index contributed by atoms with van der Waals surface area (Å²) in [4.78, 5) is 11.9. The molecule has 0 saturated carbocycles. The lowest BCUT2D eigenvalue weighted by atomic mass is 9.95. The highest BCUT2D eigenvalue weighted by Crippen LogP contribution is 2.25. The first-order valence-electron chi connectivity index (χ1n) is 5.42. The van der Waals surface area contributed by atoms with Gasteiger partial charge in [-0.2, -0.15) is 0 Å². The molecule has 0 heterocycles. The average molecular weight is 259 g/mol. The topological polar surface area (TPSA) is 55.1 Å². The number of rotatable bonds is 4. The van der Waals surface area contributed by atoms with Crippen molar-refractivity contribution in [1.82, 2.24) is 0 Å². The van der Waals surface area contributed by atoms with Crippen LogP contribution in [0.1, 0.15) is 13.8 Å². The van der Waals surface area contributed by atoms with E-state index >= 15 is 0 Å². The molecule has 1 atom stereocenters. The molecule has 0 spiro atoms. The average Bonchev–Trinajstić information content (AvgIpc) is 2.24. The van der Waals surface area contributed by atoms with Gasteiger partial charge in [-0.1, -0.05) is 31.5 Å². The van der Waals surface area contributed by atoms with Crippen LogP contribution in [-0.4, -0.2) is 12.5 Å². The van der Waals surface area contributed by atoms with Crippen molar-refractivity contribution in [3.63, 3.8) is 0 Å². The molecule has 1 aromatic carbocycles. The van der Waals surface area contributed by atoms with Crippen LogP contribution < -0.4 is 11.1 Å². The summed E-state index contributed by atoms with van der Waals surface area (Å²) in [6.07, 6.45) is 0. The Balaban J connectivity index is 2.87. The molecular weight excluding hydrogens is 243 g/mol. The Morgan fingerprint density at radius 1 is 1.53 bits per heavy atom. The number of hydrogen-bond donors (Lipinski definition) is 2. The van der Waals surface area contributed by atoms with Crippen molar-refractivity contribution in [3.8, 4) is 0 Å². The first-order chi connectivity index (χ1) is 7.97. The van der Waals surface area contributed by atoms with E-state index in [9.17, 15) is 9.18 Å². The second-order valence-corrected chi connectivity index (χ2v) is 4.58. The molecule has 1 amide bonds. The Bertz CT molecular complexity index is 389. The monoisotopic (exact) mass is 258 g/mol. The number of amides is 1. The second kappa shape index (κ2) is 5.98. The molecule has 0 saturated heterocycles. The zero-order valence-corrected chi connectivity index (χ0v) is 10.6. The number of para-hydroxylation sites is 1. The van der Waals surface area contributed by atoms with E-state index in [-0.39, 0.29) is 35.0 Å². The van der Waals surface area contributed by atoms with Crippen molar-refractivity contribution in [3.05, 3.63) is 29.0 Å². The number of anilines is 1. The molecule has 3 N–H and O–H groups in total. The maximum Gasteiger partial charge on any atom is 0.229 e. The third-order valence-electron chi connectivity index (χ3n) is 2.61. The van der Waals surface area contributed by atoms with Gasteiger partial charge in [-0.25, -0.2) is 4.39 Å². The van der Waals surface area contributed by atoms with E-state index < -0.39 is 5.82 Å². The number of carbonyl (C=O) groups excluding carboxylic acids is 1. The van der Waals surface area contributed by atoms with Crippen molar-refractivity contribution in [2.24, 2.45) is 17.6 Å². The van der Waals surface area contributed by atoms with Crippen LogP contribution in [0.4, 0.5) is 10.1 Å².